The Morgan fingerprint density at radius 2 is 1.92 bits per heavy atom. The van der Waals surface area contributed by atoms with Crippen molar-refractivity contribution in [3.8, 4) is 11.4 Å². The third-order valence-corrected chi connectivity index (χ3v) is 8.76. The molecule has 4 rings (SSSR count). The summed E-state index contributed by atoms with van der Waals surface area (Å²) in [6, 6.07) is 7.11. The van der Waals surface area contributed by atoms with Crippen LogP contribution in [0, 0.1) is 0 Å². The number of anilines is 1. The zero-order valence-electron chi connectivity index (χ0n) is 23.8. The Balaban J connectivity index is 1.49. The average Bonchev–Trinajstić information content (AvgIpc) is 3.26. The standard InChI is InChI=1S/C27H40BrN7O3Si/c1-27(2,3)38-26(36)30-18-10-12-19(13-11-18)35(17-37-14-15-39(4,5)6)25-29-16-20-23(33-34-24(20)32-25)21-8-7-9-22(28)31-21/h7-9,16,18-19H,10-15,17H2,1-6H3,(H,30,36)(H,29,32,33,34). The molecule has 0 bridgehead atoms. The van der Waals surface area contributed by atoms with E-state index in [2.05, 4.69) is 61.0 Å². The van der Waals surface area contributed by atoms with Crippen LogP contribution in [0.4, 0.5) is 10.7 Å². The van der Waals surface area contributed by atoms with Crippen LogP contribution in [-0.2, 0) is 9.47 Å². The van der Waals surface area contributed by atoms with Crippen molar-refractivity contribution in [2.45, 2.75) is 89.8 Å². The number of nitrogens with one attached hydrogen (secondary N) is 2. The summed E-state index contributed by atoms with van der Waals surface area (Å²) in [4.78, 5) is 28.5. The van der Waals surface area contributed by atoms with E-state index < -0.39 is 13.7 Å². The van der Waals surface area contributed by atoms with Gasteiger partial charge >= 0.3 is 6.09 Å². The molecule has 10 nitrogen and oxygen atoms in total. The minimum atomic E-state index is -1.21. The van der Waals surface area contributed by atoms with E-state index in [1.165, 1.54) is 0 Å². The van der Waals surface area contributed by atoms with Crippen LogP contribution in [0.3, 0.4) is 0 Å². The zero-order chi connectivity index (χ0) is 28.2. The third kappa shape index (κ3) is 8.45. The normalized spacial score (nSPS) is 18.2. The summed E-state index contributed by atoms with van der Waals surface area (Å²) >= 11 is 3.43. The predicted octanol–water partition coefficient (Wildman–Crippen LogP) is 6.13. The highest BCUT2D eigenvalue weighted by Gasteiger charge is 2.30. The molecular weight excluding hydrogens is 578 g/mol. The lowest BCUT2D eigenvalue weighted by Crippen LogP contribution is -2.46. The quantitative estimate of drug-likeness (QED) is 0.127. The van der Waals surface area contributed by atoms with Gasteiger partial charge in [-0.25, -0.2) is 14.8 Å². The number of rotatable bonds is 9. The first-order valence-corrected chi connectivity index (χ1v) is 18.1. The fraction of sp³-hybridized carbons (Fsp3) is 0.593. The van der Waals surface area contributed by atoms with E-state index in [0.717, 1.165) is 53.1 Å². The summed E-state index contributed by atoms with van der Waals surface area (Å²) < 4.78 is 12.4. The van der Waals surface area contributed by atoms with Crippen molar-refractivity contribution in [2.24, 2.45) is 0 Å². The molecule has 2 N–H and O–H groups in total. The number of carbonyl (C=O) groups is 1. The van der Waals surface area contributed by atoms with Crippen molar-refractivity contribution in [1.29, 1.82) is 0 Å². The van der Waals surface area contributed by atoms with Gasteiger partial charge < -0.3 is 19.7 Å². The number of nitrogens with zero attached hydrogens (tertiary/aromatic N) is 5. The number of hydrogen-bond acceptors (Lipinski definition) is 8. The second-order valence-corrected chi connectivity index (χ2v) is 18.8. The first-order chi connectivity index (χ1) is 18.4. The molecule has 12 heteroatoms. The van der Waals surface area contributed by atoms with Gasteiger partial charge in [0.25, 0.3) is 0 Å². The maximum absolute atomic E-state index is 12.3. The Hall–Kier alpha value is -2.57. The first kappa shape index (κ1) is 29.4. The van der Waals surface area contributed by atoms with Gasteiger partial charge in [0.1, 0.15) is 16.9 Å². The van der Waals surface area contributed by atoms with Gasteiger partial charge in [-0.1, -0.05) is 25.7 Å². The topological polar surface area (TPSA) is 118 Å². The number of alkyl carbamates (subject to hydrolysis) is 1. The Labute approximate surface area is 239 Å². The van der Waals surface area contributed by atoms with Gasteiger partial charge in [-0.05, 0) is 80.6 Å². The highest BCUT2D eigenvalue weighted by Crippen LogP contribution is 2.29. The predicted molar refractivity (Wildman–Crippen MR) is 159 cm³/mol. The minimum Gasteiger partial charge on any atom is -0.444 e. The molecule has 0 aromatic carbocycles. The number of ether oxygens (including phenoxy) is 2. The van der Waals surface area contributed by atoms with Crippen LogP contribution in [0.15, 0.2) is 29.0 Å². The molecule has 3 heterocycles. The number of pyridine rings is 1. The summed E-state index contributed by atoms with van der Waals surface area (Å²) in [6.07, 6.45) is 4.90. The number of halogens is 1. The van der Waals surface area contributed by atoms with E-state index in [1.54, 1.807) is 0 Å². The molecule has 1 aliphatic rings. The van der Waals surface area contributed by atoms with Gasteiger partial charge in [-0.15, -0.1) is 0 Å². The molecule has 1 fully saturated rings. The molecule has 1 aliphatic carbocycles. The molecular formula is C27H40BrN7O3Si. The van der Waals surface area contributed by atoms with E-state index in [0.29, 0.717) is 24.9 Å². The van der Waals surface area contributed by atoms with Gasteiger partial charge in [-0.2, -0.15) is 10.1 Å². The molecule has 1 saturated carbocycles. The Morgan fingerprint density at radius 3 is 2.59 bits per heavy atom. The van der Waals surface area contributed by atoms with Crippen molar-refractivity contribution in [1.82, 2.24) is 30.5 Å². The molecule has 0 radical (unpaired) electrons. The molecule has 39 heavy (non-hydrogen) atoms. The highest BCUT2D eigenvalue weighted by molar-refractivity contribution is 9.10. The molecule has 0 atom stereocenters. The monoisotopic (exact) mass is 617 g/mol. The molecule has 212 valence electrons. The zero-order valence-corrected chi connectivity index (χ0v) is 26.3. The molecule has 3 aromatic rings. The smallest absolute Gasteiger partial charge is 0.407 e. The summed E-state index contributed by atoms with van der Waals surface area (Å²) in [6.45, 7) is 13.8. The molecule has 1 amide bonds. The van der Waals surface area contributed by atoms with Crippen molar-refractivity contribution in [2.75, 3.05) is 18.2 Å². The fourth-order valence-electron chi connectivity index (χ4n) is 4.55. The van der Waals surface area contributed by atoms with Crippen molar-refractivity contribution in [3.63, 3.8) is 0 Å². The minimum absolute atomic E-state index is 0.0840. The lowest BCUT2D eigenvalue weighted by Gasteiger charge is -2.37. The molecule has 0 saturated heterocycles. The Kier molecular flexibility index (Phi) is 9.28. The number of carbonyl (C=O) groups excluding carboxylic acids is 1. The van der Waals surface area contributed by atoms with Gasteiger partial charge in [0.05, 0.1) is 16.8 Å². The highest BCUT2D eigenvalue weighted by atomic mass is 79.9. The van der Waals surface area contributed by atoms with Crippen molar-refractivity contribution >= 4 is 47.1 Å². The average molecular weight is 619 g/mol. The largest absolute Gasteiger partial charge is 0.444 e. The van der Waals surface area contributed by atoms with Crippen molar-refractivity contribution in [3.05, 3.63) is 29.0 Å². The molecule has 0 unspecified atom stereocenters. The van der Waals surface area contributed by atoms with Crippen LogP contribution in [0.1, 0.15) is 46.5 Å². The second kappa shape index (κ2) is 12.3. The van der Waals surface area contributed by atoms with E-state index in [-0.39, 0.29) is 18.2 Å². The Bertz CT molecular complexity index is 1270. The van der Waals surface area contributed by atoms with Crippen LogP contribution >= 0.6 is 15.9 Å². The van der Waals surface area contributed by atoms with E-state index in [9.17, 15) is 4.79 Å². The lowest BCUT2D eigenvalue weighted by molar-refractivity contribution is 0.0488. The van der Waals surface area contributed by atoms with Crippen molar-refractivity contribution < 1.29 is 14.3 Å². The number of fused-ring (bicyclic) bond motifs is 1. The molecule has 0 spiro atoms. The van der Waals surface area contributed by atoms with Gasteiger partial charge in [-0.3, -0.25) is 5.10 Å². The lowest BCUT2D eigenvalue weighted by atomic mass is 9.90. The van der Waals surface area contributed by atoms with E-state index in [1.807, 2.05) is 45.2 Å². The summed E-state index contributed by atoms with van der Waals surface area (Å²) in [7, 11) is -1.21. The maximum atomic E-state index is 12.3. The van der Waals surface area contributed by atoms with Gasteiger partial charge in [0.2, 0.25) is 5.95 Å². The van der Waals surface area contributed by atoms with Gasteiger partial charge in [0.15, 0.2) is 5.65 Å². The van der Waals surface area contributed by atoms with E-state index in [4.69, 9.17) is 19.4 Å². The number of H-pyrrole nitrogens is 1. The number of aromatic nitrogens is 5. The summed E-state index contributed by atoms with van der Waals surface area (Å²) in [5, 5.41) is 11.4. The van der Waals surface area contributed by atoms with E-state index >= 15 is 0 Å². The first-order valence-electron chi connectivity index (χ1n) is 13.6. The molecule has 3 aromatic heterocycles. The molecule has 0 aliphatic heterocycles. The fourth-order valence-corrected chi connectivity index (χ4v) is 5.65. The number of amides is 1. The summed E-state index contributed by atoms with van der Waals surface area (Å²) in [5.41, 5.74) is 1.62. The van der Waals surface area contributed by atoms with Crippen LogP contribution in [0.25, 0.3) is 22.4 Å². The third-order valence-electron chi connectivity index (χ3n) is 6.61. The Morgan fingerprint density at radius 1 is 1.18 bits per heavy atom. The van der Waals surface area contributed by atoms with Crippen LogP contribution < -0.4 is 10.2 Å². The van der Waals surface area contributed by atoms with Gasteiger partial charge in [0, 0.05) is 33.0 Å². The second-order valence-electron chi connectivity index (χ2n) is 12.3. The summed E-state index contributed by atoms with van der Waals surface area (Å²) in [5.74, 6) is 0.597. The van der Waals surface area contributed by atoms with Crippen LogP contribution in [0.2, 0.25) is 25.7 Å². The maximum Gasteiger partial charge on any atom is 0.407 e. The number of aromatic amines is 1. The van der Waals surface area contributed by atoms with Crippen LogP contribution in [0.5, 0.6) is 0 Å². The number of hydrogen-bond donors (Lipinski definition) is 2. The SMILES string of the molecule is CC(C)(C)OC(=O)NC1CCC(N(COCC[Si](C)(C)C)c2ncc3c(-c4cccc(Br)n4)[nH]nc3n2)CC1. The van der Waals surface area contributed by atoms with Crippen LogP contribution in [-0.4, -0.2) is 70.3 Å².